The van der Waals surface area contributed by atoms with Crippen molar-refractivity contribution in [2.75, 3.05) is 4.81 Å². The number of para-hydroxylation sites is 3. The fourth-order valence-corrected chi connectivity index (χ4v) is 9.30. The number of rotatable bonds is 2. The van der Waals surface area contributed by atoms with Gasteiger partial charge in [-0.1, -0.05) is 123 Å². The van der Waals surface area contributed by atoms with Crippen LogP contribution in [-0.2, 0) is 5.41 Å². The molecule has 2 aliphatic heterocycles. The Morgan fingerprint density at radius 3 is 2.06 bits per heavy atom. The normalized spacial score (nSPS) is 14.5. The molecule has 0 N–H and O–H groups in total. The van der Waals surface area contributed by atoms with E-state index in [9.17, 15) is 0 Å². The largest absolute Gasteiger partial charge is 0.376 e. The number of aromatic nitrogens is 1. The van der Waals surface area contributed by atoms with E-state index in [1.165, 1.54) is 94.3 Å². The van der Waals surface area contributed by atoms with Crippen molar-refractivity contribution in [1.29, 1.82) is 0 Å². The summed E-state index contributed by atoms with van der Waals surface area (Å²) in [4.78, 5) is 2.64. The Morgan fingerprint density at radius 2 is 1.21 bits per heavy atom. The predicted molar refractivity (Wildman–Crippen MR) is 203 cm³/mol. The van der Waals surface area contributed by atoms with Gasteiger partial charge in [0.05, 0.1) is 11.0 Å². The van der Waals surface area contributed by atoms with E-state index in [1.807, 2.05) is 0 Å². The minimum atomic E-state index is -0.0976. The topological polar surface area (TPSA) is 8.17 Å². The third-order valence-corrected chi connectivity index (χ3v) is 11.4. The third-order valence-electron chi connectivity index (χ3n) is 11.4. The minimum absolute atomic E-state index is 0.0141. The predicted octanol–water partition coefficient (Wildman–Crippen LogP) is 9.99. The van der Waals surface area contributed by atoms with Gasteiger partial charge >= 0.3 is 6.85 Å². The fraction of sp³-hybridized carbons (Fsp3) is 0.0667. The number of benzene rings is 7. The molecule has 0 radical (unpaired) electrons. The van der Waals surface area contributed by atoms with Crippen LogP contribution in [0, 0.1) is 0 Å². The van der Waals surface area contributed by atoms with E-state index in [2.05, 4.69) is 175 Å². The zero-order valence-electron chi connectivity index (χ0n) is 26.9. The molecule has 11 rings (SSSR count). The van der Waals surface area contributed by atoms with Crippen LogP contribution in [0.1, 0.15) is 25.0 Å². The molecule has 0 saturated carbocycles. The maximum absolute atomic E-state index is 2.64. The summed E-state index contributed by atoms with van der Waals surface area (Å²) in [5.41, 5.74) is 19.6. The number of hydrogen-bond donors (Lipinski definition) is 0. The van der Waals surface area contributed by atoms with E-state index in [0.717, 1.165) is 0 Å². The summed E-state index contributed by atoms with van der Waals surface area (Å²) in [7, 11) is 0. The van der Waals surface area contributed by atoms with E-state index in [4.69, 9.17) is 0 Å². The molecule has 0 amide bonds. The summed E-state index contributed by atoms with van der Waals surface area (Å²) < 4.78 is 2.56. The molecule has 8 aromatic rings. The molecule has 1 aromatic heterocycles. The monoisotopic (exact) mass is 610 g/mol. The Bertz CT molecular complexity index is 2650. The van der Waals surface area contributed by atoms with E-state index in [1.54, 1.807) is 0 Å². The van der Waals surface area contributed by atoms with Crippen molar-refractivity contribution in [3.8, 4) is 39.1 Å². The molecule has 0 spiro atoms. The van der Waals surface area contributed by atoms with Crippen LogP contribution < -0.4 is 15.7 Å². The molecular formula is C45H31BN2. The number of nitrogens with zero attached hydrogens (tertiary/aromatic N) is 2. The maximum atomic E-state index is 2.64. The van der Waals surface area contributed by atoms with E-state index < -0.39 is 0 Å². The van der Waals surface area contributed by atoms with Gasteiger partial charge in [0, 0.05) is 38.8 Å². The minimum Gasteiger partial charge on any atom is -0.376 e. The number of hydrogen-bond acceptors (Lipinski definition) is 1. The van der Waals surface area contributed by atoms with Crippen molar-refractivity contribution in [1.82, 2.24) is 4.57 Å². The first-order chi connectivity index (χ1) is 23.6. The van der Waals surface area contributed by atoms with Crippen molar-refractivity contribution in [2.45, 2.75) is 19.3 Å². The van der Waals surface area contributed by atoms with Gasteiger partial charge in [0.2, 0.25) is 0 Å². The SMILES string of the molecule is CC1(C)c2ccccc2-c2cc3c(cc21)N(c1ccccc1)B1c2ccccc2-n2c4ccccc4c4c(-c5ccccc5)cc-3c1c42. The van der Waals surface area contributed by atoms with Crippen molar-refractivity contribution >= 4 is 51.0 Å². The van der Waals surface area contributed by atoms with E-state index in [-0.39, 0.29) is 12.3 Å². The number of fused-ring (bicyclic) bond motifs is 11. The molecule has 224 valence electrons. The van der Waals surface area contributed by atoms with Gasteiger partial charge in [-0.05, 0) is 92.3 Å². The van der Waals surface area contributed by atoms with Gasteiger partial charge in [-0.15, -0.1) is 0 Å². The van der Waals surface area contributed by atoms with Gasteiger partial charge < -0.3 is 9.38 Å². The molecule has 3 heterocycles. The van der Waals surface area contributed by atoms with Crippen LogP contribution in [-0.4, -0.2) is 11.4 Å². The summed E-state index contributed by atoms with van der Waals surface area (Å²) in [5.74, 6) is 0. The van der Waals surface area contributed by atoms with Crippen LogP contribution in [0.3, 0.4) is 0 Å². The molecule has 48 heavy (non-hydrogen) atoms. The second-order valence-corrected chi connectivity index (χ2v) is 14.1. The molecule has 0 atom stereocenters. The molecule has 3 aliphatic rings. The van der Waals surface area contributed by atoms with Crippen LogP contribution >= 0.6 is 0 Å². The summed E-state index contributed by atoms with van der Waals surface area (Å²) >= 11 is 0. The Morgan fingerprint density at radius 1 is 0.521 bits per heavy atom. The van der Waals surface area contributed by atoms with Crippen LogP contribution in [0.25, 0.3) is 60.9 Å². The number of anilines is 2. The third kappa shape index (κ3) is 3.19. The van der Waals surface area contributed by atoms with E-state index in [0.29, 0.717) is 0 Å². The first kappa shape index (κ1) is 26.3. The molecule has 0 bridgehead atoms. The molecule has 0 unspecified atom stereocenters. The van der Waals surface area contributed by atoms with Gasteiger partial charge in [-0.3, -0.25) is 0 Å². The first-order valence-corrected chi connectivity index (χ1v) is 17.0. The van der Waals surface area contributed by atoms with Crippen LogP contribution in [0.2, 0.25) is 0 Å². The Balaban J connectivity index is 1.37. The van der Waals surface area contributed by atoms with Gasteiger partial charge in [-0.25, -0.2) is 0 Å². The summed E-state index contributed by atoms with van der Waals surface area (Å²) in [5, 5.41) is 2.63. The lowest BCUT2D eigenvalue weighted by molar-refractivity contribution is 0.660. The molecular weight excluding hydrogens is 579 g/mol. The van der Waals surface area contributed by atoms with Crippen molar-refractivity contribution in [3.63, 3.8) is 0 Å². The zero-order chi connectivity index (χ0) is 31.7. The van der Waals surface area contributed by atoms with Crippen molar-refractivity contribution < 1.29 is 0 Å². The Labute approximate surface area is 280 Å². The lowest BCUT2D eigenvalue weighted by Crippen LogP contribution is -2.60. The summed E-state index contributed by atoms with van der Waals surface area (Å²) in [6, 6.07) is 56.7. The van der Waals surface area contributed by atoms with Gasteiger partial charge in [-0.2, -0.15) is 0 Å². The fourth-order valence-electron chi connectivity index (χ4n) is 9.30. The van der Waals surface area contributed by atoms with Crippen molar-refractivity contribution in [3.05, 3.63) is 163 Å². The second kappa shape index (κ2) is 9.17. The highest BCUT2D eigenvalue weighted by atomic mass is 15.1. The molecule has 0 fully saturated rings. The van der Waals surface area contributed by atoms with Crippen LogP contribution in [0.15, 0.2) is 152 Å². The van der Waals surface area contributed by atoms with Gasteiger partial charge in [0.15, 0.2) is 0 Å². The molecule has 1 aliphatic carbocycles. The highest BCUT2D eigenvalue weighted by Gasteiger charge is 2.46. The molecule has 7 aromatic carbocycles. The standard InChI is InChI=1S/C45H31BN2/c1-45(2)36-21-11-9-19-30(36)33-26-34-35-25-32(28-15-5-3-6-16-28)42-31-20-10-13-23-39(31)47-40-24-14-12-22-38(40)46(43(35)44(42)47)48(41(34)27-37(33)45)29-17-7-4-8-18-29/h3-27H,1-2H3. The van der Waals surface area contributed by atoms with Crippen molar-refractivity contribution in [2.24, 2.45) is 0 Å². The van der Waals surface area contributed by atoms with Crippen LogP contribution in [0.4, 0.5) is 11.4 Å². The van der Waals surface area contributed by atoms with Gasteiger partial charge in [0.25, 0.3) is 0 Å². The molecule has 2 nitrogen and oxygen atoms in total. The average molecular weight is 611 g/mol. The highest BCUT2D eigenvalue weighted by Crippen LogP contribution is 2.55. The van der Waals surface area contributed by atoms with Gasteiger partial charge in [0.1, 0.15) is 0 Å². The summed E-state index contributed by atoms with van der Waals surface area (Å²) in [6.07, 6.45) is 0. The molecule has 0 saturated heterocycles. The lowest BCUT2D eigenvalue weighted by Gasteiger charge is -2.42. The Kier molecular flexibility index (Phi) is 5.03. The highest BCUT2D eigenvalue weighted by molar-refractivity contribution is 6.93. The first-order valence-electron chi connectivity index (χ1n) is 17.0. The Hall–Kier alpha value is -5.80. The second-order valence-electron chi connectivity index (χ2n) is 14.1. The molecule has 3 heteroatoms. The zero-order valence-corrected chi connectivity index (χ0v) is 26.9. The lowest BCUT2D eigenvalue weighted by atomic mass is 9.43. The quantitative estimate of drug-likeness (QED) is 0.177. The maximum Gasteiger partial charge on any atom is 0.333 e. The summed E-state index contributed by atoms with van der Waals surface area (Å²) in [6.45, 7) is 4.79. The smallest absolute Gasteiger partial charge is 0.333 e. The van der Waals surface area contributed by atoms with E-state index >= 15 is 0 Å². The van der Waals surface area contributed by atoms with Crippen LogP contribution in [0.5, 0.6) is 0 Å². The average Bonchev–Trinajstić information content (AvgIpc) is 3.60.